The van der Waals surface area contributed by atoms with Gasteiger partial charge in [0.05, 0.1) is 18.8 Å². The average Bonchev–Trinajstić information content (AvgIpc) is 3.41. The van der Waals surface area contributed by atoms with Crippen LogP contribution in [0.3, 0.4) is 0 Å². The quantitative estimate of drug-likeness (QED) is 0.0420. The fourth-order valence-corrected chi connectivity index (χ4v) is 9.85. The molecule has 0 spiro atoms. The van der Waals surface area contributed by atoms with Crippen molar-refractivity contribution in [3.63, 3.8) is 0 Å². The van der Waals surface area contributed by atoms with Gasteiger partial charge in [0.25, 0.3) is 0 Å². The van der Waals surface area contributed by atoms with Crippen molar-refractivity contribution in [3.05, 3.63) is 97.2 Å². The van der Waals surface area contributed by atoms with Crippen molar-refractivity contribution in [2.24, 2.45) is 0 Å². The Labute approximate surface area is 468 Å². The monoisotopic (exact) mass is 1040 g/mol. The Bertz CT molecular complexity index is 1370. The first-order chi connectivity index (χ1) is 37.2. The third kappa shape index (κ3) is 62.0. The first-order valence-corrected chi connectivity index (χ1v) is 33.0. The predicted octanol–water partition coefficient (Wildman–Crippen LogP) is 22.4. The van der Waals surface area contributed by atoms with Crippen LogP contribution in [0.2, 0.25) is 0 Å². The number of allylic oxidation sites excluding steroid dienone is 15. The lowest BCUT2D eigenvalue weighted by molar-refractivity contribution is -0.123. The second kappa shape index (κ2) is 65.6. The molecule has 0 bridgehead atoms. The van der Waals surface area contributed by atoms with Crippen LogP contribution in [0.5, 0.6) is 0 Å². The van der Waals surface area contributed by atoms with Crippen molar-refractivity contribution in [2.45, 2.75) is 341 Å². The van der Waals surface area contributed by atoms with Gasteiger partial charge in [-0.2, -0.15) is 0 Å². The molecule has 0 radical (unpaired) electrons. The van der Waals surface area contributed by atoms with E-state index in [1.54, 1.807) is 6.08 Å². The lowest BCUT2D eigenvalue weighted by Crippen LogP contribution is -2.45. The van der Waals surface area contributed by atoms with Crippen LogP contribution in [-0.2, 0) is 4.79 Å². The molecule has 2 atom stereocenters. The molecule has 0 saturated heterocycles. The van der Waals surface area contributed by atoms with E-state index in [0.717, 1.165) is 70.6 Å². The third-order valence-electron chi connectivity index (χ3n) is 14.8. The normalized spacial score (nSPS) is 13.4. The summed E-state index contributed by atoms with van der Waals surface area (Å²) < 4.78 is 0. The van der Waals surface area contributed by atoms with Gasteiger partial charge in [0.2, 0.25) is 5.91 Å². The van der Waals surface area contributed by atoms with Crippen LogP contribution in [0, 0.1) is 0 Å². The average molecular weight is 1040 g/mol. The minimum atomic E-state index is -0.868. The predicted molar refractivity (Wildman–Crippen MR) is 336 cm³/mol. The molecule has 75 heavy (non-hydrogen) atoms. The first kappa shape index (κ1) is 72.3. The summed E-state index contributed by atoms with van der Waals surface area (Å²) in [5.41, 5.74) is 0. The molecule has 4 nitrogen and oxygen atoms in total. The number of aliphatic hydroxyl groups is 2. The molecule has 0 aromatic rings. The summed E-state index contributed by atoms with van der Waals surface area (Å²) in [6.07, 6.45) is 97.6. The highest BCUT2D eigenvalue weighted by Crippen LogP contribution is 2.18. The summed E-state index contributed by atoms with van der Waals surface area (Å²) in [5, 5.41) is 23.2. The molecule has 0 aliphatic heterocycles. The van der Waals surface area contributed by atoms with Gasteiger partial charge in [0, 0.05) is 6.42 Å². The number of unbranched alkanes of at least 4 members (excludes halogenated alkanes) is 39. The Morgan fingerprint density at radius 1 is 0.333 bits per heavy atom. The van der Waals surface area contributed by atoms with Crippen molar-refractivity contribution < 1.29 is 15.0 Å². The van der Waals surface area contributed by atoms with Crippen LogP contribution in [0.25, 0.3) is 0 Å². The SMILES string of the molecule is CC/C=C\C/C=C\C/C=C\C/C=C\C/C=C\C/C=C\CCCCCCCCCCCCCCCCCCC(=O)NC(CO)C(O)/C=C/CC/C=C/CCCCCCCCCCCCCCCCCCCCCCCC. The van der Waals surface area contributed by atoms with Gasteiger partial charge in [-0.1, -0.05) is 336 Å². The fourth-order valence-electron chi connectivity index (χ4n) is 9.85. The minimum Gasteiger partial charge on any atom is -0.394 e. The lowest BCUT2D eigenvalue weighted by Gasteiger charge is -2.19. The van der Waals surface area contributed by atoms with E-state index in [0.29, 0.717) is 6.42 Å². The van der Waals surface area contributed by atoms with Gasteiger partial charge in [0.15, 0.2) is 0 Å². The van der Waals surface area contributed by atoms with E-state index in [1.807, 2.05) is 6.08 Å². The topological polar surface area (TPSA) is 69.6 Å². The van der Waals surface area contributed by atoms with E-state index in [2.05, 4.69) is 104 Å². The van der Waals surface area contributed by atoms with Crippen LogP contribution in [-0.4, -0.2) is 34.9 Å². The maximum atomic E-state index is 12.5. The van der Waals surface area contributed by atoms with Crippen LogP contribution in [0.15, 0.2) is 97.2 Å². The molecule has 3 N–H and O–H groups in total. The maximum Gasteiger partial charge on any atom is 0.220 e. The zero-order valence-corrected chi connectivity index (χ0v) is 50.1. The highest BCUT2D eigenvalue weighted by atomic mass is 16.3. The smallest absolute Gasteiger partial charge is 0.220 e. The minimum absolute atomic E-state index is 0.0725. The van der Waals surface area contributed by atoms with Crippen LogP contribution in [0.1, 0.15) is 328 Å². The molecule has 0 saturated carbocycles. The van der Waals surface area contributed by atoms with E-state index in [-0.39, 0.29) is 12.5 Å². The molecular weight excluding hydrogens is 915 g/mol. The number of hydrogen-bond donors (Lipinski definition) is 3. The van der Waals surface area contributed by atoms with Gasteiger partial charge in [0.1, 0.15) is 0 Å². The number of carbonyl (C=O) groups is 1. The Kier molecular flexibility index (Phi) is 63.2. The molecule has 0 rings (SSSR count). The lowest BCUT2D eigenvalue weighted by atomic mass is 10.0. The summed E-state index contributed by atoms with van der Waals surface area (Å²) in [6, 6.07) is -0.645. The Morgan fingerprint density at radius 3 is 0.933 bits per heavy atom. The summed E-state index contributed by atoms with van der Waals surface area (Å²) >= 11 is 0. The zero-order valence-electron chi connectivity index (χ0n) is 50.1. The maximum absolute atomic E-state index is 12.5. The molecule has 4 heteroatoms. The molecule has 0 aromatic heterocycles. The highest BCUT2D eigenvalue weighted by Gasteiger charge is 2.18. The van der Waals surface area contributed by atoms with Gasteiger partial charge in [-0.05, 0) is 83.5 Å². The molecular formula is C71H127NO3. The Balaban J connectivity index is 3.51. The molecule has 0 aromatic carbocycles. The number of aliphatic hydroxyl groups excluding tert-OH is 2. The van der Waals surface area contributed by atoms with Gasteiger partial charge < -0.3 is 15.5 Å². The van der Waals surface area contributed by atoms with Gasteiger partial charge in [-0.15, -0.1) is 0 Å². The third-order valence-corrected chi connectivity index (χ3v) is 14.8. The van der Waals surface area contributed by atoms with Crippen LogP contribution in [0.4, 0.5) is 0 Å². The van der Waals surface area contributed by atoms with Gasteiger partial charge in [-0.3, -0.25) is 4.79 Å². The second-order valence-electron chi connectivity index (χ2n) is 22.1. The summed E-state index contributed by atoms with van der Waals surface area (Å²) in [7, 11) is 0. The van der Waals surface area contributed by atoms with Crippen LogP contribution < -0.4 is 5.32 Å². The van der Waals surface area contributed by atoms with Crippen molar-refractivity contribution in [1.82, 2.24) is 5.32 Å². The first-order valence-electron chi connectivity index (χ1n) is 33.0. The van der Waals surface area contributed by atoms with Crippen molar-refractivity contribution in [1.29, 1.82) is 0 Å². The van der Waals surface area contributed by atoms with E-state index in [1.165, 1.54) is 238 Å². The number of amides is 1. The number of hydrogen-bond acceptors (Lipinski definition) is 3. The summed E-state index contributed by atoms with van der Waals surface area (Å²) in [6.45, 7) is 4.21. The van der Waals surface area contributed by atoms with E-state index < -0.39 is 12.1 Å². The molecule has 0 fully saturated rings. The van der Waals surface area contributed by atoms with Crippen molar-refractivity contribution in [3.8, 4) is 0 Å². The molecule has 0 heterocycles. The van der Waals surface area contributed by atoms with E-state index in [9.17, 15) is 15.0 Å². The number of nitrogens with one attached hydrogen (secondary N) is 1. The standard InChI is InChI=1S/C71H127NO3/c1-3-5-7-9-11-13-15-17-19-21-23-25-27-29-31-33-34-35-36-37-38-39-41-43-45-47-49-51-53-55-57-59-61-63-65-67-71(75)72-69(68-73)70(74)66-64-62-60-58-56-54-52-50-48-46-44-42-40-32-30-28-26-24-22-20-18-16-14-12-10-8-6-4-2/h5,7,11,13,17,19,23,25,29,31,34-35,56,58,64,66,69-70,73-74H,3-4,6,8-10,12,14-16,18,20-22,24,26-28,30,32-33,36-55,57,59-63,65,67-68H2,1-2H3,(H,72,75)/b7-5-,13-11-,19-17-,25-23-,31-29-,35-34-,58-56+,66-64+. The molecule has 434 valence electrons. The summed E-state index contributed by atoms with van der Waals surface area (Å²) in [4.78, 5) is 12.5. The summed E-state index contributed by atoms with van der Waals surface area (Å²) in [5.74, 6) is -0.0725. The molecule has 0 aliphatic rings. The largest absolute Gasteiger partial charge is 0.394 e. The Hall–Kier alpha value is -2.69. The van der Waals surface area contributed by atoms with E-state index in [4.69, 9.17) is 0 Å². The van der Waals surface area contributed by atoms with Crippen molar-refractivity contribution >= 4 is 5.91 Å². The number of carbonyl (C=O) groups excluding carboxylic acids is 1. The zero-order chi connectivity index (χ0) is 54.1. The van der Waals surface area contributed by atoms with Crippen LogP contribution >= 0.6 is 0 Å². The second-order valence-corrected chi connectivity index (χ2v) is 22.1. The Morgan fingerprint density at radius 2 is 0.600 bits per heavy atom. The number of rotatable bonds is 60. The molecule has 0 aliphatic carbocycles. The molecule has 2 unspecified atom stereocenters. The van der Waals surface area contributed by atoms with Gasteiger partial charge in [-0.25, -0.2) is 0 Å². The van der Waals surface area contributed by atoms with E-state index >= 15 is 0 Å². The van der Waals surface area contributed by atoms with Gasteiger partial charge >= 0.3 is 0 Å². The van der Waals surface area contributed by atoms with Crippen molar-refractivity contribution in [2.75, 3.05) is 6.61 Å². The fraction of sp³-hybridized carbons (Fsp3) is 0.761. The highest BCUT2D eigenvalue weighted by molar-refractivity contribution is 5.76. The molecule has 1 amide bonds.